The van der Waals surface area contributed by atoms with Crippen molar-refractivity contribution in [3.05, 3.63) is 53.9 Å². The molecule has 0 spiro atoms. The Morgan fingerprint density at radius 3 is 2.55 bits per heavy atom. The molecule has 106 valence electrons. The molecule has 2 aromatic rings. The van der Waals surface area contributed by atoms with E-state index in [4.69, 9.17) is 0 Å². The highest BCUT2D eigenvalue weighted by Gasteiger charge is 2.06. The minimum atomic E-state index is -0.493. The zero-order valence-corrected chi connectivity index (χ0v) is 12.3. The van der Waals surface area contributed by atoms with Gasteiger partial charge >= 0.3 is 0 Å². The molecular formula is C15H19N3OS. The second kappa shape index (κ2) is 7.99. The first-order valence-electron chi connectivity index (χ1n) is 6.67. The molecule has 0 aliphatic rings. The van der Waals surface area contributed by atoms with E-state index in [1.165, 1.54) is 0 Å². The Balaban J connectivity index is 1.78. The zero-order chi connectivity index (χ0) is 14.2. The quantitative estimate of drug-likeness (QED) is 0.605. The van der Waals surface area contributed by atoms with Crippen LogP contribution in [0.2, 0.25) is 0 Å². The Hall–Kier alpha value is -1.43. The van der Waals surface area contributed by atoms with Gasteiger partial charge < -0.3 is 10.4 Å². The van der Waals surface area contributed by atoms with E-state index in [-0.39, 0.29) is 0 Å². The molecule has 0 bridgehead atoms. The van der Waals surface area contributed by atoms with Crippen LogP contribution < -0.4 is 5.32 Å². The highest BCUT2D eigenvalue weighted by atomic mass is 32.2. The van der Waals surface area contributed by atoms with Crippen molar-refractivity contribution in [3.63, 3.8) is 0 Å². The first-order chi connectivity index (χ1) is 9.79. The number of rotatable bonds is 7. The van der Waals surface area contributed by atoms with Gasteiger partial charge in [-0.1, -0.05) is 49.0 Å². The van der Waals surface area contributed by atoms with Crippen molar-refractivity contribution in [3.8, 4) is 0 Å². The van der Waals surface area contributed by atoms with Gasteiger partial charge in [0.1, 0.15) is 0 Å². The van der Waals surface area contributed by atoms with Crippen LogP contribution in [0, 0.1) is 0 Å². The van der Waals surface area contributed by atoms with E-state index >= 15 is 0 Å². The molecular weight excluding hydrogens is 270 g/mol. The first kappa shape index (κ1) is 15.0. The molecule has 1 heterocycles. The van der Waals surface area contributed by atoms with E-state index in [0.29, 0.717) is 13.1 Å². The van der Waals surface area contributed by atoms with Crippen LogP contribution in [0.5, 0.6) is 0 Å². The zero-order valence-electron chi connectivity index (χ0n) is 11.5. The fourth-order valence-electron chi connectivity index (χ4n) is 1.78. The molecule has 2 rings (SSSR count). The Morgan fingerprint density at radius 2 is 1.90 bits per heavy atom. The number of nitrogens with one attached hydrogen (secondary N) is 1. The van der Waals surface area contributed by atoms with Crippen molar-refractivity contribution in [2.24, 2.45) is 0 Å². The van der Waals surface area contributed by atoms with Crippen LogP contribution >= 0.6 is 11.8 Å². The monoisotopic (exact) mass is 289 g/mol. The second-order valence-corrected chi connectivity index (χ2v) is 5.60. The molecule has 1 aromatic carbocycles. The summed E-state index contributed by atoms with van der Waals surface area (Å²) in [5, 5.41) is 14.0. The minimum absolute atomic E-state index is 0.493. The van der Waals surface area contributed by atoms with Crippen LogP contribution in [-0.2, 0) is 6.54 Å². The number of benzene rings is 1. The Kier molecular flexibility index (Phi) is 5.98. The van der Waals surface area contributed by atoms with Gasteiger partial charge in [-0.05, 0) is 11.3 Å². The molecule has 1 atom stereocenters. The molecule has 0 amide bonds. The topological polar surface area (TPSA) is 58.0 Å². The number of thioether (sulfide) groups is 1. The molecule has 0 aliphatic carbocycles. The number of aliphatic hydroxyl groups is 1. The van der Waals surface area contributed by atoms with Gasteiger partial charge in [-0.25, -0.2) is 9.97 Å². The second-order valence-electron chi connectivity index (χ2n) is 4.36. The number of nitrogens with zero attached hydrogens (tertiary/aromatic N) is 2. The van der Waals surface area contributed by atoms with Crippen LogP contribution in [0.25, 0.3) is 0 Å². The molecule has 0 unspecified atom stereocenters. The summed E-state index contributed by atoms with van der Waals surface area (Å²) in [4.78, 5) is 8.55. The average molecular weight is 289 g/mol. The summed E-state index contributed by atoms with van der Waals surface area (Å²) in [7, 11) is 0. The third kappa shape index (κ3) is 4.59. The molecule has 0 radical (unpaired) electrons. The van der Waals surface area contributed by atoms with E-state index < -0.39 is 6.10 Å². The predicted molar refractivity (Wildman–Crippen MR) is 81.5 cm³/mol. The highest BCUT2D eigenvalue weighted by molar-refractivity contribution is 7.99. The summed E-state index contributed by atoms with van der Waals surface area (Å²) in [5.74, 6) is 0.973. The third-order valence-corrected chi connectivity index (χ3v) is 3.56. The van der Waals surface area contributed by atoms with Gasteiger partial charge in [0.2, 0.25) is 0 Å². The van der Waals surface area contributed by atoms with Gasteiger partial charge in [-0.2, -0.15) is 0 Å². The van der Waals surface area contributed by atoms with Crippen LogP contribution in [0.15, 0.2) is 47.9 Å². The van der Waals surface area contributed by atoms with Gasteiger partial charge in [-0.15, -0.1) is 0 Å². The maximum atomic E-state index is 10.0. The molecule has 0 aliphatic heterocycles. The Bertz CT molecular complexity index is 504. The number of aromatic nitrogens is 2. The minimum Gasteiger partial charge on any atom is -0.387 e. The smallest absolute Gasteiger partial charge is 0.187 e. The van der Waals surface area contributed by atoms with Crippen LogP contribution in [0.4, 0.5) is 0 Å². The van der Waals surface area contributed by atoms with Crippen molar-refractivity contribution in [1.82, 2.24) is 15.3 Å². The summed E-state index contributed by atoms with van der Waals surface area (Å²) >= 11 is 1.63. The van der Waals surface area contributed by atoms with Gasteiger partial charge in [0.15, 0.2) is 5.16 Å². The van der Waals surface area contributed by atoms with Crippen LogP contribution in [0.3, 0.4) is 0 Å². The fourth-order valence-corrected chi connectivity index (χ4v) is 2.30. The van der Waals surface area contributed by atoms with E-state index in [9.17, 15) is 5.11 Å². The largest absolute Gasteiger partial charge is 0.387 e. The van der Waals surface area contributed by atoms with Gasteiger partial charge in [0.25, 0.3) is 0 Å². The van der Waals surface area contributed by atoms with Crippen molar-refractivity contribution < 1.29 is 5.11 Å². The number of aliphatic hydroxyl groups excluding tert-OH is 1. The van der Waals surface area contributed by atoms with Gasteiger partial charge in [0.05, 0.1) is 6.10 Å². The normalized spacial score (nSPS) is 12.3. The molecule has 4 nitrogen and oxygen atoms in total. The highest BCUT2D eigenvalue weighted by Crippen LogP contribution is 2.12. The predicted octanol–water partition coefficient (Wildman–Crippen LogP) is 2.41. The van der Waals surface area contributed by atoms with Crippen LogP contribution in [0.1, 0.15) is 24.2 Å². The standard InChI is InChI=1S/C15H19N3OS/c1-2-20-15-17-9-12(10-18-15)8-16-11-14(19)13-6-4-3-5-7-13/h3-7,9-10,14,16,19H,2,8,11H2,1H3/t14-/m0/s1. The Labute approximate surface area is 123 Å². The summed E-state index contributed by atoms with van der Waals surface area (Å²) in [5.41, 5.74) is 1.94. The molecule has 5 heteroatoms. The van der Waals surface area contributed by atoms with Crippen molar-refractivity contribution in [1.29, 1.82) is 0 Å². The lowest BCUT2D eigenvalue weighted by molar-refractivity contribution is 0.174. The Morgan fingerprint density at radius 1 is 1.20 bits per heavy atom. The van der Waals surface area contributed by atoms with Gasteiger partial charge in [0, 0.05) is 31.0 Å². The summed E-state index contributed by atoms with van der Waals surface area (Å²) in [6.07, 6.45) is 3.16. The number of hydrogen-bond acceptors (Lipinski definition) is 5. The first-order valence-corrected chi connectivity index (χ1v) is 7.65. The van der Waals surface area contributed by atoms with Crippen LogP contribution in [-0.4, -0.2) is 27.4 Å². The maximum Gasteiger partial charge on any atom is 0.187 e. The van der Waals surface area contributed by atoms with E-state index in [0.717, 1.165) is 22.0 Å². The molecule has 20 heavy (non-hydrogen) atoms. The van der Waals surface area contributed by atoms with E-state index in [1.54, 1.807) is 11.8 Å². The summed E-state index contributed by atoms with van der Waals surface area (Å²) in [6.45, 7) is 3.24. The lowest BCUT2D eigenvalue weighted by Crippen LogP contribution is -2.21. The maximum absolute atomic E-state index is 10.0. The third-order valence-electron chi connectivity index (χ3n) is 2.81. The average Bonchev–Trinajstić information content (AvgIpc) is 2.50. The molecule has 1 aromatic heterocycles. The lowest BCUT2D eigenvalue weighted by Gasteiger charge is -2.12. The fraction of sp³-hybridized carbons (Fsp3) is 0.333. The SMILES string of the molecule is CCSc1ncc(CNC[C@H](O)c2ccccc2)cn1. The summed E-state index contributed by atoms with van der Waals surface area (Å²) in [6, 6.07) is 9.64. The lowest BCUT2D eigenvalue weighted by atomic mass is 10.1. The van der Waals surface area contributed by atoms with Crippen molar-refractivity contribution >= 4 is 11.8 Å². The molecule has 0 saturated heterocycles. The van der Waals surface area contributed by atoms with Gasteiger partial charge in [-0.3, -0.25) is 0 Å². The van der Waals surface area contributed by atoms with E-state index in [2.05, 4.69) is 22.2 Å². The molecule has 2 N–H and O–H groups in total. The van der Waals surface area contributed by atoms with E-state index in [1.807, 2.05) is 42.7 Å². The number of hydrogen-bond donors (Lipinski definition) is 2. The van der Waals surface area contributed by atoms with Crippen molar-refractivity contribution in [2.45, 2.75) is 24.7 Å². The summed E-state index contributed by atoms with van der Waals surface area (Å²) < 4.78 is 0. The molecule has 0 fully saturated rings. The molecule has 0 saturated carbocycles. The van der Waals surface area contributed by atoms with Crippen molar-refractivity contribution in [2.75, 3.05) is 12.3 Å².